The molecular weight excluding hydrogens is 485 g/mol. The second-order valence-corrected chi connectivity index (χ2v) is 10.2. The molecule has 1 aromatic heterocycles. The fourth-order valence-corrected chi connectivity index (χ4v) is 5.90. The number of aromatic hydroxyl groups is 1. The van der Waals surface area contributed by atoms with Crippen LogP contribution in [0.5, 0.6) is 5.75 Å². The normalized spacial score (nSPS) is 15.2. The first-order chi connectivity index (χ1) is 18.0. The number of benzene rings is 4. The van der Waals surface area contributed by atoms with Gasteiger partial charge in [0.2, 0.25) is 5.78 Å². The number of aliphatic imine (C=N–C) groups is 1. The van der Waals surface area contributed by atoms with Crippen LogP contribution in [0.4, 0.5) is 10.1 Å². The Morgan fingerprint density at radius 3 is 2.51 bits per heavy atom. The van der Waals surface area contributed by atoms with Gasteiger partial charge in [0, 0.05) is 44.7 Å². The van der Waals surface area contributed by atoms with Crippen molar-refractivity contribution in [3.63, 3.8) is 0 Å². The molecule has 1 aliphatic rings. The molecule has 1 N–H and O–H groups in total. The molecule has 0 aliphatic carbocycles. The number of phenolic OH excluding ortho intramolecular Hbond substituents is 1. The molecule has 2 heterocycles. The zero-order chi connectivity index (χ0) is 25.5. The number of para-hydroxylation sites is 1. The quantitative estimate of drug-likeness (QED) is 0.249. The van der Waals surface area contributed by atoms with Gasteiger partial charge in [-0.1, -0.05) is 54.6 Å². The molecule has 5 aromatic rings. The number of rotatable bonds is 4. The number of furan rings is 1. The number of carbonyl (C=O) groups excluding carboxylic acids is 1. The molecule has 0 amide bonds. The lowest BCUT2D eigenvalue weighted by Crippen LogP contribution is -2.06. The molecule has 6 heteroatoms. The van der Waals surface area contributed by atoms with Crippen molar-refractivity contribution in [2.45, 2.75) is 23.5 Å². The van der Waals surface area contributed by atoms with Crippen LogP contribution in [-0.4, -0.2) is 16.6 Å². The van der Waals surface area contributed by atoms with Gasteiger partial charge in [0.15, 0.2) is 5.76 Å². The summed E-state index contributed by atoms with van der Waals surface area (Å²) in [5, 5.41) is 11.8. The zero-order valence-electron chi connectivity index (χ0n) is 19.9. The lowest BCUT2D eigenvalue weighted by atomic mass is 9.98. The maximum absolute atomic E-state index is 13.6. The molecule has 37 heavy (non-hydrogen) atoms. The molecule has 1 atom stereocenters. The van der Waals surface area contributed by atoms with Crippen molar-refractivity contribution in [1.82, 2.24) is 0 Å². The number of hydrogen-bond donors (Lipinski definition) is 1. The Morgan fingerprint density at radius 2 is 1.73 bits per heavy atom. The third-order valence-corrected chi connectivity index (χ3v) is 7.94. The van der Waals surface area contributed by atoms with Gasteiger partial charge in [-0.3, -0.25) is 9.79 Å². The van der Waals surface area contributed by atoms with Crippen LogP contribution in [0.15, 0.2) is 105 Å². The standard InChI is InChI=1S/C31H22FNO3S/c1-18-22-15-23(26(34)17-27(22)36-31(18)30(35)20-7-3-2-4-8-20)25-16-29(19-11-13-21(32)14-12-19)37-28-10-6-5-9-24(28)33-25/h2-15,17,29,34H,16H2,1H3. The van der Waals surface area contributed by atoms with E-state index in [1.807, 2.05) is 55.5 Å². The second-order valence-electron chi connectivity index (χ2n) is 9.01. The molecule has 0 fully saturated rings. The number of ketones is 1. The minimum Gasteiger partial charge on any atom is -0.507 e. The van der Waals surface area contributed by atoms with E-state index in [0.29, 0.717) is 34.4 Å². The van der Waals surface area contributed by atoms with Crippen molar-refractivity contribution in [1.29, 1.82) is 0 Å². The third-order valence-electron chi connectivity index (χ3n) is 6.62. The highest BCUT2D eigenvalue weighted by Gasteiger charge is 2.26. The van der Waals surface area contributed by atoms with Gasteiger partial charge >= 0.3 is 0 Å². The molecule has 0 bridgehead atoms. The highest BCUT2D eigenvalue weighted by atomic mass is 32.2. The number of halogens is 1. The van der Waals surface area contributed by atoms with Crippen LogP contribution in [0.1, 0.15) is 44.5 Å². The zero-order valence-corrected chi connectivity index (χ0v) is 20.8. The Morgan fingerprint density at radius 1 is 1.00 bits per heavy atom. The smallest absolute Gasteiger partial charge is 0.228 e. The largest absolute Gasteiger partial charge is 0.507 e. The van der Waals surface area contributed by atoms with Crippen molar-refractivity contribution in [2.75, 3.05) is 0 Å². The van der Waals surface area contributed by atoms with Gasteiger partial charge in [-0.15, -0.1) is 11.8 Å². The maximum atomic E-state index is 13.6. The van der Waals surface area contributed by atoms with Gasteiger partial charge < -0.3 is 9.52 Å². The number of phenols is 1. The minimum absolute atomic E-state index is 0.0287. The average Bonchev–Trinajstić information content (AvgIpc) is 3.10. The lowest BCUT2D eigenvalue weighted by Gasteiger charge is -2.16. The fourth-order valence-electron chi connectivity index (χ4n) is 4.67. The van der Waals surface area contributed by atoms with Crippen LogP contribution < -0.4 is 0 Å². The number of carbonyl (C=O) groups is 1. The molecule has 1 aliphatic heterocycles. The maximum Gasteiger partial charge on any atom is 0.228 e. The predicted octanol–water partition coefficient (Wildman–Crippen LogP) is 8.17. The number of aryl methyl sites for hydroxylation is 1. The summed E-state index contributed by atoms with van der Waals surface area (Å²) in [7, 11) is 0. The molecule has 1 unspecified atom stereocenters. The van der Waals surface area contributed by atoms with E-state index in [9.17, 15) is 14.3 Å². The first-order valence-corrected chi connectivity index (χ1v) is 12.8. The van der Waals surface area contributed by atoms with Crippen LogP contribution in [0.25, 0.3) is 11.0 Å². The Kier molecular flexibility index (Phi) is 5.89. The van der Waals surface area contributed by atoms with Crippen LogP contribution in [-0.2, 0) is 0 Å². The van der Waals surface area contributed by atoms with Crippen LogP contribution in [0, 0.1) is 12.7 Å². The summed E-state index contributed by atoms with van der Waals surface area (Å²) in [4.78, 5) is 19.1. The van der Waals surface area contributed by atoms with Crippen molar-refractivity contribution in [3.05, 3.63) is 125 Å². The van der Waals surface area contributed by atoms with Gasteiger partial charge in [0.1, 0.15) is 17.1 Å². The SMILES string of the molecule is Cc1c(C(=O)c2ccccc2)oc2cc(O)c(C3=Nc4ccccc4SC(c4ccc(F)cc4)C3)cc12. The molecule has 0 saturated carbocycles. The summed E-state index contributed by atoms with van der Waals surface area (Å²) < 4.78 is 19.6. The lowest BCUT2D eigenvalue weighted by molar-refractivity contribution is 0.101. The highest BCUT2D eigenvalue weighted by molar-refractivity contribution is 7.99. The summed E-state index contributed by atoms with van der Waals surface area (Å²) in [6.45, 7) is 1.85. The van der Waals surface area contributed by atoms with E-state index in [0.717, 1.165) is 21.5 Å². The first-order valence-electron chi connectivity index (χ1n) is 11.9. The van der Waals surface area contributed by atoms with Gasteiger partial charge in [-0.05, 0) is 42.8 Å². The molecule has 0 saturated heterocycles. The average molecular weight is 508 g/mol. The van der Waals surface area contributed by atoms with Crippen molar-refractivity contribution in [3.8, 4) is 5.75 Å². The molecule has 4 aromatic carbocycles. The number of nitrogens with zero attached hydrogens (tertiary/aromatic N) is 1. The van der Waals surface area contributed by atoms with E-state index in [1.165, 1.54) is 12.1 Å². The van der Waals surface area contributed by atoms with Gasteiger partial charge in [0.25, 0.3) is 0 Å². The Labute approximate surface area is 217 Å². The van der Waals surface area contributed by atoms with Gasteiger partial charge in [-0.25, -0.2) is 4.39 Å². The van der Waals surface area contributed by atoms with Crippen molar-refractivity contribution >= 4 is 39.9 Å². The van der Waals surface area contributed by atoms with Crippen LogP contribution in [0.3, 0.4) is 0 Å². The predicted molar refractivity (Wildman–Crippen MR) is 145 cm³/mol. The fraction of sp³-hybridized carbons (Fsp3) is 0.0968. The van der Waals surface area contributed by atoms with E-state index >= 15 is 0 Å². The Bertz CT molecular complexity index is 1670. The topological polar surface area (TPSA) is 62.8 Å². The van der Waals surface area contributed by atoms with E-state index in [-0.39, 0.29) is 28.4 Å². The Balaban J connectivity index is 1.46. The summed E-state index contributed by atoms with van der Waals surface area (Å²) in [6.07, 6.45) is 0.525. The molecule has 0 spiro atoms. The molecule has 182 valence electrons. The molecule has 6 rings (SSSR count). The van der Waals surface area contributed by atoms with Crippen molar-refractivity contribution < 1.29 is 18.7 Å². The molecule has 0 radical (unpaired) electrons. The van der Waals surface area contributed by atoms with Crippen molar-refractivity contribution in [2.24, 2.45) is 4.99 Å². The van der Waals surface area contributed by atoms with Gasteiger partial charge in [0.05, 0.1) is 11.4 Å². The summed E-state index contributed by atoms with van der Waals surface area (Å²) >= 11 is 1.67. The van der Waals surface area contributed by atoms with Crippen LogP contribution >= 0.6 is 11.8 Å². The first kappa shape index (κ1) is 23.3. The van der Waals surface area contributed by atoms with E-state index in [2.05, 4.69) is 0 Å². The number of thioether (sulfide) groups is 1. The summed E-state index contributed by atoms with van der Waals surface area (Å²) in [6, 6.07) is 26.8. The molecular formula is C31H22FNO3S. The minimum atomic E-state index is -0.281. The van der Waals surface area contributed by atoms with E-state index in [1.54, 1.807) is 42.1 Å². The second kappa shape index (κ2) is 9.37. The van der Waals surface area contributed by atoms with E-state index in [4.69, 9.17) is 9.41 Å². The van der Waals surface area contributed by atoms with Gasteiger partial charge in [-0.2, -0.15) is 0 Å². The summed E-state index contributed by atoms with van der Waals surface area (Å²) in [5.41, 5.74) is 4.78. The monoisotopic (exact) mass is 507 g/mol. The number of fused-ring (bicyclic) bond motifs is 2. The van der Waals surface area contributed by atoms with Crippen LogP contribution in [0.2, 0.25) is 0 Å². The Hall–Kier alpha value is -4.16. The van der Waals surface area contributed by atoms with E-state index < -0.39 is 0 Å². The summed E-state index contributed by atoms with van der Waals surface area (Å²) in [5.74, 6) is -0.202. The number of hydrogen-bond acceptors (Lipinski definition) is 5. The highest BCUT2D eigenvalue weighted by Crippen LogP contribution is 2.46. The molecule has 4 nitrogen and oxygen atoms in total. The third kappa shape index (κ3) is 4.34.